The Morgan fingerprint density at radius 2 is 2.00 bits per heavy atom. The predicted octanol–water partition coefficient (Wildman–Crippen LogP) is 2.10. The molecule has 1 amide bonds. The highest BCUT2D eigenvalue weighted by molar-refractivity contribution is 5.97. The summed E-state index contributed by atoms with van der Waals surface area (Å²) in [5.41, 5.74) is 0.547. The van der Waals surface area contributed by atoms with E-state index in [1.807, 2.05) is 6.07 Å². The summed E-state index contributed by atoms with van der Waals surface area (Å²) in [5.74, 6) is 1.01. The van der Waals surface area contributed by atoms with Crippen LogP contribution in [-0.4, -0.2) is 5.91 Å². The van der Waals surface area contributed by atoms with Crippen LogP contribution in [0.4, 0.5) is 0 Å². The molecular weight excluding hydrogens is 206 g/mol. The number of hydrogen-bond acceptors (Lipinski definition) is 3. The lowest BCUT2D eigenvalue weighted by atomic mass is 10.1. The summed E-state index contributed by atoms with van der Waals surface area (Å²) in [4.78, 5) is 11.8. The van der Waals surface area contributed by atoms with Gasteiger partial charge in [-0.15, -0.1) is 0 Å². The molecule has 2 aromatic rings. The van der Waals surface area contributed by atoms with Gasteiger partial charge in [-0.2, -0.15) is 0 Å². The van der Waals surface area contributed by atoms with E-state index in [1.54, 1.807) is 36.6 Å². The lowest BCUT2D eigenvalue weighted by molar-refractivity contribution is 0.0708. The van der Waals surface area contributed by atoms with Gasteiger partial charge in [-0.05, 0) is 24.3 Å². The van der Waals surface area contributed by atoms with E-state index in [0.717, 1.165) is 0 Å². The lowest BCUT2D eigenvalue weighted by Gasteiger charge is -2.24. The maximum atomic E-state index is 11.8. The third kappa shape index (κ3) is 1.35. The lowest BCUT2D eigenvalue weighted by Crippen LogP contribution is -2.36. The maximum absolute atomic E-state index is 11.8. The van der Waals surface area contributed by atoms with Gasteiger partial charge in [0.1, 0.15) is 5.75 Å². The van der Waals surface area contributed by atoms with Crippen LogP contribution in [0.1, 0.15) is 22.3 Å². The second kappa shape index (κ2) is 3.41. The number of furan rings is 1. The molecule has 0 radical (unpaired) electrons. The van der Waals surface area contributed by atoms with Crippen molar-refractivity contribution in [1.29, 1.82) is 0 Å². The zero-order valence-corrected chi connectivity index (χ0v) is 8.34. The Labute approximate surface area is 91.8 Å². The Balaban J connectivity index is 1.98. The molecule has 4 nitrogen and oxygen atoms in total. The van der Waals surface area contributed by atoms with Crippen molar-refractivity contribution in [3.8, 4) is 5.75 Å². The van der Waals surface area contributed by atoms with Crippen LogP contribution in [0, 0.1) is 0 Å². The number of hydrogen-bond donors (Lipinski definition) is 1. The average Bonchev–Trinajstić information content (AvgIpc) is 2.82. The van der Waals surface area contributed by atoms with E-state index in [4.69, 9.17) is 9.15 Å². The molecule has 0 unspecified atom stereocenters. The summed E-state index contributed by atoms with van der Waals surface area (Å²) in [6.45, 7) is 0. The fourth-order valence-electron chi connectivity index (χ4n) is 1.68. The first-order chi connectivity index (χ1) is 7.84. The zero-order chi connectivity index (χ0) is 11.0. The normalized spacial score (nSPS) is 18.5. The summed E-state index contributed by atoms with van der Waals surface area (Å²) in [6.07, 6.45) is 1.00. The minimum Gasteiger partial charge on any atom is -0.463 e. The predicted molar refractivity (Wildman–Crippen MR) is 56.0 cm³/mol. The van der Waals surface area contributed by atoms with Gasteiger partial charge in [0.25, 0.3) is 5.91 Å². The quantitative estimate of drug-likeness (QED) is 0.792. The fraction of sp³-hybridized carbons (Fsp3) is 0.0833. The maximum Gasteiger partial charge on any atom is 0.258 e. The van der Waals surface area contributed by atoms with Gasteiger partial charge in [0.15, 0.2) is 5.76 Å². The molecule has 16 heavy (non-hydrogen) atoms. The highest BCUT2D eigenvalue weighted by Gasteiger charge is 2.27. The zero-order valence-electron chi connectivity index (χ0n) is 8.34. The molecule has 0 spiro atoms. The van der Waals surface area contributed by atoms with E-state index in [-0.39, 0.29) is 5.91 Å². The standard InChI is InChI=1S/C12H9NO3/c14-11-8-4-1-2-5-9(8)16-12(13-11)10-6-3-7-15-10/h1-7,12H,(H,13,14)/t12-/m1/s1. The minimum absolute atomic E-state index is 0.150. The molecule has 1 aliphatic heterocycles. The number of carbonyl (C=O) groups excluding carboxylic acids is 1. The molecular formula is C12H9NO3. The topological polar surface area (TPSA) is 51.5 Å². The Morgan fingerprint density at radius 1 is 1.12 bits per heavy atom. The van der Waals surface area contributed by atoms with E-state index in [1.165, 1.54) is 0 Å². The second-order valence-electron chi connectivity index (χ2n) is 3.48. The molecule has 0 bridgehead atoms. The summed E-state index contributed by atoms with van der Waals surface area (Å²) in [7, 11) is 0. The SMILES string of the molecule is O=C1N[C@@H](c2ccco2)Oc2ccccc21. The summed E-state index contributed by atoms with van der Waals surface area (Å²) < 4.78 is 10.8. The molecule has 1 atom stereocenters. The molecule has 1 aromatic heterocycles. The van der Waals surface area contributed by atoms with E-state index < -0.39 is 6.23 Å². The van der Waals surface area contributed by atoms with Crippen molar-refractivity contribution in [1.82, 2.24) is 5.32 Å². The Kier molecular flexibility index (Phi) is 1.93. The number of carbonyl (C=O) groups is 1. The Morgan fingerprint density at radius 3 is 2.81 bits per heavy atom. The van der Waals surface area contributed by atoms with Gasteiger partial charge in [0.2, 0.25) is 6.23 Å². The van der Waals surface area contributed by atoms with E-state index in [0.29, 0.717) is 17.1 Å². The number of benzene rings is 1. The molecule has 0 fully saturated rings. The van der Waals surface area contributed by atoms with Crippen molar-refractivity contribution < 1.29 is 13.9 Å². The van der Waals surface area contributed by atoms with Crippen LogP contribution >= 0.6 is 0 Å². The van der Waals surface area contributed by atoms with Crippen molar-refractivity contribution in [2.45, 2.75) is 6.23 Å². The van der Waals surface area contributed by atoms with Crippen LogP contribution in [0.2, 0.25) is 0 Å². The summed E-state index contributed by atoms with van der Waals surface area (Å²) >= 11 is 0. The number of amides is 1. The molecule has 2 heterocycles. The van der Waals surface area contributed by atoms with Crippen LogP contribution in [0.3, 0.4) is 0 Å². The molecule has 0 saturated heterocycles. The van der Waals surface area contributed by atoms with Crippen LogP contribution in [0.25, 0.3) is 0 Å². The van der Waals surface area contributed by atoms with Crippen molar-refractivity contribution >= 4 is 5.91 Å². The Bertz CT molecular complexity index is 519. The summed E-state index contributed by atoms with van der Waals surface area (Å²) in [6, 6.07) is 10.6. The fourth-order valence-corrected chi connectivity index (χ4v) is 1.68. The highest BCUT2D eigenvalue weighted by atomic mass is 16.5. The molecule has 1 aromatic carbocycles. The molecule has 1 N–H and O–H groups in total. The average molecular weight is 215 g/mol. The molecule has 0 saturated carbocycles. The molecule has 3 rings (SSSR count). The van der Waals surface area contributed by atoms with Crippen molar-refractivity contribution in [2.75, 3.05) is 0 Å². The molecule has 1 aliphatic rings. The Hall–Kier alpha value is -2.23. The second-order valence-corrected chi connectivity index (χ2v) is 3.48. The van der Waals surface area contributed by atoms with Gasteiger partial charge in [-0.3, -0.25) is 4.79 Å². The van der Waals surface area contributed by atoms with Crippen molar-refractivity contribution in [3.05, 3.63) is 54.0 Å². The van der Waals surface area contributed by atoms with Crippen molar-refractivity contribution in [2.24, 2.45) is 0 Å². The van der Waals surface area contributed by atoms with Gasteiger partial charge in [-0.25, -0.2) is 0 Å². The van der Waals surface area contributed by atoms with Crippen LogP contribution < -0.4 is 10.1 Å². The van der Waals surface area contributed by atoms with Gasteiger partial charge < -0.3 is 14.5 Å². The van der Waals surface area contributed by atoms with E-state index >= 15 is 0 Å². The smallest absolute Gasteiger partial charge is 0.258 e. The first-order valence-corrected chi connectivity index (χ1v) is 4.94. The van der Waals surface area contributed by atoms with Gasteiger partial charge >= 0.3 is 0 Å². The monoisotopic (exact) mass is 215 g/mol. The van der Waals surface area contributed by atoms with E-state index in [9.17, 15) is 4.79 Å². The molecule has 0 aliphatic carbocycles. The number of para-hydroxylation sites is 1. The van der Waals surface area contributed by atoms with Gasteiger partial charge in [0.05, 0.1) is 11.8 Å². The third-order valence-corrected chi connectivity index (χ3v) is 2.44. The summed E-state index contributed by atoms with van der Waals surface area (Å²) in [5, 5.41) is 2.72. The van der Waals surface area contributed by atoms with Gasteiger partial charge in [0, 0.05) is 0 Å². The number of rotatable bonds is 1. The van der Waals surface area contributed by atoms with Crippen LogP contribution in [0.5, 0.6) is 5.75 Å². The van der Waals surface area contributed by atoms with Crippen molar-refractivity contribution in [3.63, 3.8) is 0 Å². The largest absolute Gasteiger partial charge is 0.463 e. The van der Waals surface area contributed by atoms with E-state index in [2.05, 4.69) is 5.32 Å². The number of fused-ring (bicyclic) bond motifs is 1. The van der Waals surface area contributed by atoms with Gasteiger partial charge in [-0.1, -0.05) is 12.1 Å². The van der Waals surface area contributed by atoms with Crippen LogP contribution in [0.15, 0.2) is 47.1 Å². The molecule has 80 valence electrons. The number of nitrogens with one attached hydrogen (secondary N) is 1. The van der Waals surface area contributed by atoms with Crippen LogP contribution in [-0.2, 0) is 0 Å². The molecule has 4 heteroatoms. The third-order valence-electron chi connectivity index (χ3n) is 2.44. The first-order valence-electron chi connectivity index (χ1n) is 4.94. The highest BCUT2D eigenvalue weighted by Crippen LogP contribution is 2.28. The number of ether oxygens (including phenoxy) is 1. The first kappa shape index (κ1) is 9.03. The minimum atomic E-state index is -0.544.